The number of hydrogen-bond acceptors (Lipinski definition) is 2. The number of likely N-dealkylation sites (tertiary alicyclic amines) is 1. The maximum atomic E-state index is 14.1. The number of hydrogen-bond donors (Lipinski definition) is 0. The van der Waals surface area contributed by atoms with Crippen LogP contribution in [0.5, 0.6) is 0 Å². The molecule has 0 radical (unpaired) electrons. The molecule has 1 aliphatic heterocycles. The van der Waals surface area contributed by atoms with Gasteiger partial charge in [0.1, 0.15) is 11.6 Å². The van der Waals surface area contributed by atoms with E-state index >= 15 is 0 Å². The van der Waals surface area contributed by atoms with Crippen LogP contribution in [0, 0.1) is 11.6 Å². The Labute approximate surface area is 169 Å². The molecule has 1 heterocycles. The van der Waals surface area contributed by atoms with Crippen molar-refractivity contribution in [2.75, 3.05) is 20.1 Å². The zero-order valence-corrected chi connectivity index (χ0v) is 16.4. The summed E-state index contributed by atoms with van der Waals surface area (Å²) in [4.78, 5) is 28.6. The maximum absolute atomic E-state index is 14.1. The van der Waals surface area contributed by atoms with E-state index < -0.39 is 17.0 Å². The number of carbonyl (C=O) groups excluding carboxylic acids is 2. The van der Waals surface area contributed by atoms with Gasteiger partial charge in [-0.1, -0.05) is 43.0 Å². The van der Waals surface area contributed by atoms with Crippen molar-refractivity contribution in [1.82, 2.24) is 9.80 Å². The van der Waals surface area contributed by atoms with Gasteiger partial charge in [-0.2, -0.15) is 0 Å². The Morgan fingerprint density at radius 3 is 2.21 bits per heavy atom. The van der Waals surface area contributed by atoms with Gasteiger partial charge in [0, 0.05) is 25.7 Å². The van der Waals surface area contributed by atoms with Gasteiger partial charge in [-0.05, 0) is 36.6 Å². The first-order valence-corrected chi connectivity index (χ1v) is 9.54. The fraction of sp³-hybridized carbons (Fsp3) is 0.304. The van der Waals surface area contributed by atoms with Crippen LogP contribution in [-0.4, -0.2) is 41.8 Å². The van der Waals surface area contributed by atoms with Gasteiger partial charge < -0.3 is 9.80 Å². The normalized spacial score (nSPS) is 15.6. The second kappa shape index (κ2) is 8.55. The van der Waals surface area contributed by atoms with Crippen LogP contribution in [0.1, 0.15) is 24.0 Å². The lowest BCUT2D eigenvalue weighted by Gasteiger charge is -2.42. The number of halogens is 2. The van der Waals surface area contributed by atoms with Crippen molar-refractivity contribution in [3.05, 3.63) is 83.9 Å². The molecule has 4 nitrogen and oxygen atoms in total. The molecule has 0 aromatic heterocycles. The summed E-state index contributed by atoms with van der Waals surface area (Å²) in [5, 5.41) is 0. The number of amides is 2. The lowest BCUT2D eigenvalue weighted by atomic mass is 9.71. The third-order valence-electron chi connectivity index (χ3n) is 5.64. The summed E-state index contributed by atoms with van der Waals surface area (Å²) in [5.74, 6) is -1.73. The van der Waals surface area contributed by atoms with Gasteiger partial charge in [-0.3, -0.25) is 9.59 Å². The fourth-order valence-electron chi connectivity index (χ4n) is 3.98. The molecule has 0 spiro atoms. The Hall–Kier alpha value is -3.02. The Bertz CT molecular complexity index is 886. The molecular weight excluding hydrogens is 374 g/mol. The molecular formula is C23H24F2N2O2. The van der Waals surface area contributed by atoms with E-state index in [1.807, 2.05) is 30.3 Å². The molecule has 1 fully saturated rings. The monoisotopic (exact) mass is 398 g/mol. The molecule has 1 saturated heterocycles. The Balaban J connectivity index is 1.90. The van der Waals surface area contributed by atoms with E-state index in [1.165, 1.54) is 29.2 Å². The molecule has 0 unspecified atom stereocenters. The van der Waals surface area contributed by atoms with Crippen LogP contribution in [0.4, 0.5) is 8.78 Å². The highest BCUT2D eigenvalue weighted by molar-refractivity contribution is 5.90. The summed E-state index contributed by atoms with van der Waals surface area (Å²) in [5.41, 5.74) is -0.141. The molecule has 29 heavy (non-hydrogen) atoms. The average Bonchev–Trinajstić information content (AvgIpc) is 2.75. The van der Waals surface area contributed by atoms with Gasteiger partial charge in [-0.25, -0.2) is 8.78 Å². The highest BCUT2D eigenvalue weighted by Crippen LogP contribution is 2.37. The largest absolute Gasteiger partial charge is 0.340 e. The van der Waals surface area contributed by atoms with Crippen molar-refractivity contribution < 1.29 is 18.4 Å². The molecule has 0 aliphatic carbocycles. The first-order chi connectivity index (χ1) is 13.9. The number of likely N-dealkylation sites (N-methyl/N-ethyl adjacent to an activating group) is 1. The molecule has 152 valence electrons. The van der Waals surface area contributed by atoms with E-state index in [4.69, 9.17) is 0 Å². The average molecular weight is 398 g/mol. The number of piperidine rings is 1. The molecule has 2 amide bonds. The summed E-state index contributed by atoms with van der Waals surface area (Å²) in [6, 6.07) is 13.0. The standard InChI is InChI=1S/C23H24F2N2O2/c1-3-21(28)27-14-12-23(13-15-27,17-8-5-4-6-9-17)22(29)26(2)16-18-19(24)10-7-11-20(18)25/h3-11H,1,12-16H2,2H3. The molecule has 1 aliphatic rings. The van der Waals surface area contributed by atoms with Gasteiger partial charge in [0.15, 0.2) is 0 Å². The van der Waals surface area contributed by atoms with Crippen molar-refractivity contribution in [3.63, 3.8) is 0 Å². The van der Waals surface area contributed by atoms with Crippen LogP contribution in [0.3, 0.4) is 0 Å². The van der Waals surface area contributed by atoms with Crippen LogP contribution >= 0.6 is 0 Å². The summed E-state index contributed by atoms with van der Waals surface area (Å²) < 4.78 is 28.2. The lowest BCUT2D eigenvalue weighted by Crippen LogP contribution is -2.52. The second-order valence-corrected chi connectivity index (χ2v) is 7.34. The van der Waals surface area contributed by atoms with E-state index in [0.717, 1.165) is 5.56 Å². The number of benzene rings is 2. The molecule has 2 aromatic rings. The van der Waals surface area contributed by atoms with Gasteiger partial charge >= 0.3 is 0 Å². The molecule has 0 saturated carbocycles. The predicted octanol–water partition coefficient (Wildman–Crippen LogP) is 3.67. The van der Waals surface area contributed by atoms with Crippen LogP contribution in [0.15, 0.2) is 61.2 Å². The number of rotatable bonds is 5. The van der Waals surface area contributed by atoms with Crippen LogP contribution in [0.2, 0.25) is 0 Å². The Kier molecular flexibility index (Phi) is 6.11. The van der Waals surface area contributed by atoms with Gasteiger partial charge in [0.05, 0.1) is 12.0 Å². The van der Waals surface area contributed by atoms with Crippen LogP contribution < -0.4 is 0 Å². The first-order valence-electron chi connectivity index (χ1n) is 9.54. The molecule has 3 rings (SSSR count). The molecule has 0 N–H and O–H groups in total. The van der Waals surface area contributed by atoms with E-state index in [-0.39, 0.29) is 23.9 Å². The summed E-state index contributed by atoms with van der Waals surface area (Å²) in [6.45, 7) is 4.17. The van der Waals surface area contributed by atoms with E-state index in [1.54, 1.807) is 11.9 Å². The van der Waals surface area contributed by atoms with Crippen molar-refractivity contribution in [2.24, 2.45) is 0 Å². The van der Waals surface area contributed by atoms with Crippen molar-refractivity contribution >= 4 is 11.8 Å². The minimum Gasteiger partial charge on any atom is -0.340 e. The van der Waals surface area contributed by atoms with Crippen LogP contribution in [0.25, 0.3) is 0 Å². The van der Waals surface area contributed by atoms with E-state index in [0.29, 0.717) is 25.9 Å². The smallest absolute Gasteiger partial charge is 0.245 e. The number of carbonyl (C=O) groups is 2. The quantitative estimate of drug-likeness (QED) is 0.721. The van der Waals surface area contributed by atoms with Crippen LogP contribution in [-0.2, 0) is 21.5 Å². The minimum atomic E-state index is -0.851. The highest BCUT2D eigenvalue weighted by atomic mass is 19.1. The molecule has 0 bridgehead atoms. The van der Waals surface area contributed by atoms with Crippen molar-refractivity contribution in [1.29, 1.82) is 0 Å². The first kappa shape index (κ1) is 20.7. The topological polar surface area (TPSA) is 40.6 Å². The second-order valence-electron chi connectivity index (χ2n) is 7.34. The molecule has 2 aromatic carbocycles. The maximum Gasteiger partial charge on any atom is 0.245 e. The third kappa shape index (κ3) is 4.06. The minimum absolute atomic E-state index is 0.133. The highest BCUT2D eigenvalue weighted by Gasteiger charge is 2.45. The Morgan fingerprint density at radius 1 is 1.07 bits per heavy atom. The predicted molar refractivity (Wildman–Crippen MR) is 107 cm³/mol. The summed E-state index contributed by atoms with van der Waals surface area (Å²) >= 11 is 0. The zero-order chi connectivity index (χ0) is 21.0. The van der Waals surface area contributed by atoms with Gasteiger partial charge in [0.25, 0.3) is 0 Å². The lowest BCUT2D eigenvalue weighted by molar-refractivity contribution is -0.141. The van der Waals surface area contributed by atoms with Gasteiger partial charge in [0.2, 0.25) is 11.8 Å². The Morgan fingerprint density at radius 2 is 1.66 bits per heavy atom. The molecule has 6 heteroatoms. The van der Waals surface area contributed by atoms with Crippen molar-refractivity contribution in [3.8, 4) is 0 Å². The SMILES string of the molecule is C=CC(=O)N1CCC(C(=O)N(C)Cc2c(F)cccc2F)(c2ccccc2)CC1. The number of nitrogens with zero attached hydrogens (tertiary/aromatic N) is 2. The van der Waals surface area contributed by atoms with E-state index in [2.05, 4.69) is 6.58 Å². The molecule has 0 atom stereocenters. The van der Waals surface area contributed by atoms with E-state index in [9.17, 15) is 18.4 Å². The van der Waals surface area contributed by atoms with Gasteiger partial charge in [-0.15, -0.1) is 0 Å². The summed E-state index contributed by atoms with van der Waals surface area (Å²) in [6.07, 6.45) is 2.13. The summed E-state index contributed by atoms with van der Waals surface area (Å²) in [7, 11) is 1.56. The fourth-order valence-corrected chi connectivity index (χ4v) is 3.98. The van der Waals surface area contributed by atoms with Crippen molar-refractivity contribution in [2.45, 2.75) is 24.8 Å². The zero-order valence-electron chi connectivity index (χ0n) is 16.4. The third-order valence-corrected chi connectivity index (χ3v) is 5.64.